The average Bonchev–Trinajstić information content (AvgIpc) is 2.72. The Kier molecular flexibility index (Phi) is 5.17. The van der Waals surface area contributed by atoms with Gasteiger partial charge in [-0.1, -0.05) is 29.8 Å². The highest BCUT2D eigenvalue weighted by Gasteiger charge is 2.19. The summed E-state index contributed by atoms with van der Waals surface area (Å²) in [5, 5.41) is 1.91. The van der Waals surface area contributed by atoms with Crippen molar-refractivity contribution in [2.75, 3.05) is 4.90 Å². The summed E-state index contributed by atoms with van der Waals surface area (Å²) in [6.07, 6.45) is 5.07. The van der Waals surface area contributed by atoms with Crippen molar-refractivity contribution >= 4 is 29.6 Å². The number of pyridine rings is 1. The SMILES string of the molecule is FCc1cccc(C=CC2N=c3ccc(F)cc3=CN2c2ccccc2Cl)n1. The van der Waals surface area contributed by atoms with E-state index < -0.39 is 12.8 Å². The molecule has 0 saturated carbocycles. The van der Waals surface area contributed by atoms with Gasteiger partial charge in [-0.05, 0) is 54.6 Å². The first-order valence-electron chi connectivity index (χ1n) is 8.72. The van der Waals surface area contributed by atoms with Gasteiger partial charge in [0.15, 0.2) is 0 Å². The Balaban J connectivity index is 1.79. The van der Waals surface area contributed by atoms with Gasteiger partial charge in [-0.25, -0.2) is 8.78 Å². The van der Waals surface area contributed by atoms with Gasteiger partial charge in [0.1, 0.15) is 18.7 Å². The van der Waals surface area contributed by atoms with Crippen molar-refractivity contribution in [3.63, 3.8) is 0 Å². The van der Waals surface area contributed by atoms with Crippen molar-refractivity contribution in [2.24, 2.45) is 4.99 Å². The molecular formula is C22H16ClF2N3. The number of fused-ring (bicyclic) bond motifs is 1. The lowest BCUT2D eigenvalue weighted by Gasteiger charge is -2.28. The molecule has 1 atom stereocenters. The van der Waals surface area contributed by atoms with Gasteiger partial charge in [-0.3, -0.25) is 9.98 Å². The summed E-state index contributed by atoms with van der Waals surface area (Å²) in [4.78, 5) is 10.8. The summed E-state index contributed by atoms with van der Waals surface area (Å²) in [6, 6.07) is 17.1. The molecule has 0 aliphatic carbocycles. The molecule has 140 valence electrons. The third-order valence-electron chi connectivity index (χ3n) is 4.36. The number of hydrogen-bond donors (Lipinski definition) is 0. The van der Waals surface area contributed by atoms with E-state index in [9.17, 15) is 8.78 Å². The molecule has 2 aromatic carbocycles. The quantitative estimate of drug-likeness (QED) is 0.660. The molecule has 1 aliphatic heterocycles. The molecule has 0 N–H and O–H groups in total. The Morgan fingerprint density at radius 2 is 1.93 bits per heavy atom. The largest absolute Gasteiger partial charge is 0.320 e. The molecule has 0 spiro atoms. The number of rotatable bonds is 4. The highest BCUT2D eigenvalue weighted by Crippen LogP contribution is 2.28. The second-order valence-corrected chi connectivity index (χ2v) is 6.69. The number of hydrogen-bond acceptors (Lipinski definition) is 3. The van der Waals surface area contributed by atoms with E-state index in [0.717, 1.165) is 5.69 Å². The van der Waals surface area contributed by atoms with E-state index in [1.165, 1.54) is 12.1 Å². The van der Waals surface area contributed by atoms with E-state index in [1.54, 1.807) is 36.4 Å². The minimum atomic E-state index is -0.617. The number of anilines is 1. The van der Waals surface area contributed by atoms with E-state index in [2.05, 4.69) is 4.98 Å². The monoisotopic (exact) mass is 395 g/mol. The molecule has 1 aromatic heterocycles. The predicted octanol–water partition coefficient (Wildman–Crippen LogP) is 4.26. The summed E-state index contributed by atoms with van der Waals surface area (Å²) >= 11 is 6.38. The van der Waals surface area contributed by atoms with Crippen molar-refractivity contribution < 1.29 is 8.78 Å². The molecule has 4 rings (SSSR count). The minimum Gasteiger partial charge on any atom is -0.320 e. The standard InChI is InChI=1S/C22H16ClF2N3/c23-19-6-1-2-7-21(19)28-14-15-12-16(25)8-10-20(15)27-22(28)11-9-17-4-3-5-18(13-24)26-17/h1-12,14,22H,13H2. The lowest BCUT2D eigenvalue weighted by atomic mass is 10.2. The third-order valence-corrected chi connectivity index (χ3v) is 4.68. The van der Waals surface area contributed by atoms with Crippen molar-refractivity contribution in [3.8, 4) is 0 Å². The molecule has 2 heterocycles. The molecule has 0 saturated heterocycles. The number of alkyl halides is 1. The summed E-state index contributed by atoms with van der Waals surface area (Å²) < 4.78 is 26.5. The Morgan fingerprint density at radius 1 is 1.07 bits per heavy atom. The van der Waals surface area contributed by atoms with E-state index in [0.29, 0.717) is 27.0 Å². The maximum atomic E-state index is 13.7. The van der Waals surface area contributed by atoms with Gasteiger partial charge in [-0.15, -0.1) is 0 Å². The van der Waals surface area contributed by atoms with Gasteiger partial charge in [0.2, 0.25) is 0 Å². The first kappa shape index (κ1) is 18.3. The molecule has 1 aliphatic rings. The Hall–Kier alpha value is -3.05. The zero-order valence-electron chi connectivity index (χ0n) is 14.8. The van der Waals surface area contributed by atoms with Crippen LogP contribution in [0.1, 0.15) is 11.4 Å². The van der Waals surface area contributed by atoms with Crippen molar-refractivity contribution in [3.05, 3.63) is 99.5 Å². The van der Waals surface area contributed by atoms with Crippen LogP contribution in [0.2, 0.25) is 5.02 Å². The summed E-state index contributed by atoms with van der Waals surface area (Å²) in [6.45, 7) is -0.617. The van der Waals surface area contributed by atoms with Crippen LogP contribution >= 0.6 is 11.6 Å². The minimum absolute atomic E-state index is 0.328. The van der Waals surface area contributed by atoms with Crippen LogP contribution in [0, 0.1) is 5.82 Å². The molecule has 0 amide bonds. The maximum absolute atomic E-state index is 13.7. The van der Waals surface area contributed by atoms with Crippen LogP contribution < -0.4 is 15.5 Å². The summed E-state index contributed by atoms with van der Waals surface area (Å²) in [7, 11) is 0. The molecule has 0 bridgehead atoms. The van der Waals surface area contributed by atoms with Crippen LogP contribution in [0.5, 0.6) is 0 Å². The van der Waals surface area contributed by atoms with Gasteiger partial charge in [0, 0.05) is 11.4 Å². The number of nitrogens with zero attached hydrogens (tertiary/aromatic N) is 3. The van der Waals surface area contributed by atoms with E-state index in [1.807, 2.05) is 35.4 Å². The molecule has 3 nitrogen and oxygen atoms in total. The Morgan fingerprint density at radius 3 is 2.75 bits per heavy atom. The van der Waals surface area contributed by atoms with E-state index in [-0.39, 0.29) is 5.82 Å². The van der Waals surface area contributed by atoms with Gasteiger partial charge in [-0.2, -0.15) is 0 Å². The predicted molar refractivity (Wildman–Crippen MR) is 107 cm³/mol. The first-order chi connectivity index (χ1) is 13.6. The van der Waals surface area contributed by atoms with Gasteiger partial charge < -0.3 is 4.90 Å². The average molecular weight is 396 g/mol. The molecule has 6 heteroatoms. The maximum Gasteiger partial charge on any atom is 0.145 e. The van der Waals surface area contributed by atoms with Gasteiger partial charge in [0.25, 0.3) is 0 Å². The topological polar surface area (TPSA) is 28.5 Å². The van der Waals surface area contributed by atoms with E-state index in [4.69, 9.17) is 16.6 Å². The van der Waals surface area contributed by atoms with Crippen LogP contribution in [-0.4, -0.2) is 11.1 Å². The van der Waals surface area contributed by atoms with Crippen LogP contribution in [0.15, 0.2) is 71.7 Å². The third kappa shape index (κ3) is 3.80. The van der Waals surface area contributed by atoms with E-state index >= 15 is 0 Å². The highest BCUT2D eigenvalue weighted by atomic mass is 35.5. The fourth-order valence-corrected chi connectivity index (χ4v) is 3.27. The van der Waals surface area contributed by atoms with Gasteiger partial charge in [0.05, 0.1) is 27.5 Å². The summed E-state index contributed by atoms with van der Waals surface area (Å²) in [5.74, 6) is -0.328. The van der Waals surface area contributed by atoms with Crippen molar-refractivity contribution in [1.82, 2.24) is 4.98 Å². The Bertz CT molecular complexity index is 1160. The number of benzene rings is 2. The number of para-hydroxylation sites is 1. The molecular weight excluding hydrogens is 380 g/mol. The highest BCUT2D eigenvalue weighted by molar-refractivity contribution is 6.33. The lowest BCUT2D eigenvalue weighted by Crippen LogP contribution is -2.41. The lowest BCUT2D eigenvalue weighted by molar-refractivity contribution is 0.476. The number of halogens is 3. The summed E-state index contributed by atoms with van der Waals surface area (Å²) in [5.41, 5.74) is 1.76. The molecule has 0 radical (unpaired) electrons. The van der Waals surface area contributed by atoms with Crippen LogP contribution in [0.25, 0.3) is 12.3 Å². The van der Waals surface area contributed by atoms with Crippen molar-refractivity contribution in [1.29, 1.82) is 0 Å². The fourth-order valence-electron chi connectivity index (χ4n) is 3.04. The smallest absolute Gasteiger partial charge is 0.145 e. The first-order valence-corrected chi connectivity index (χ1v) is 9.10. The molecule has 28 heavy (non-hydrogen) atoms. The second kappa shape index (κ2) is 7.90. The zero-order valence-corrected chi connectivity index (χ0v) is 15.5. The second-order valence-electron chi connectivity index (χ2n) is 6.28. The van der Waals surface area contributed by atoms with Gasteiger partial charge >= 0.3 is 0 Å². The Labute approximate surface area is 165 Å². The number of aromatic nitrogens is 1. The molecule has 0 fully saturated rings. The van der Waals surface area contributed by atoms with Crippen LogP contribution in [0.4, 0.5) is 14.5 Å². The normalized spacial score (nSPS) is 15.8. The zero-order chi connectivity index (χ0) is 19.5. The molecule has 1 unspecified atom stereocenters. The van der Waals surface area contributed by atoms with Crippen LogP contribution in [-0.2, 0) is 6.67 Å². The van der Waals surface area contributed by atoms with Crippen molar-refractivity contribution in [2.45, 2.75) is 12.8 Å². The fraction of sp³-hybridized carbons (Fsp3) is 0.0909. The molecule has 3 aromatic rings. The van der Waals surface area contributed by atoms with Crippen LogP contribution in [0.3, 0.4) is 0 Å².